The molecule has 0 saturated carbocycles. The second kappa shape index (κ2) is 7.22. The summed E-state index contributed by atoms with van der Waals surface area (Å²) in [5.74, 6) is -1.47. The third-order valence-electron chi connectivity index (χ3n) is 3.73. The Morgan fingerprint density at radius 3 is 2.29 bits per heavy atom. The van der Waals surface area contributed by atoms with Crippen LogP contribution in [0.15, 0.2) is 18.2 Å². The number of amides is 2. The SMILES string of the molecule is CCC(O)(CC)CNC(=O)C(=O)Nc1ccc(C)cc1C. The lowest BCUT2D eigenvalue weighted by Gasteiger charge is -2.25. The maximum atomic E-state index is 11.8. The first kappa shape index (κ1) is 17.2. The molecule has 3 N–H and O–H groups in total. The summed E-state index contributed by atoms with van der Waals surface area (Å²) in [6, 6.07) is 5.57. The molecule has 0 aliphatic heterocycles. The maximum Gasteiger partial charge on any atom is 0.313 e. The molecular weight excluding hydrogens is 268 g/mol. The van der Waals surface area contributed by atoms with Crippen molar-refractivity contribution in [2.75, 3.05) is 11.9 Å². The summed E-state index contributed by atoms with van der Waals surface area (Å²) in [7, 11) is 0. The van der Waals surface area contributed by atoms with Crippen LogP contribution in [0.5, 0.6) is 0 Å². The van der Waals surface area contributed by atoms with Crippen LogP contribution in [0.1, 0.15) is 37.8 Å². The fraction of sp³-hybridized carbons (Fsp3) is 0.500. The van der Waals surface area contributed by atoms with Gasteiger partial charge < -0.3 is 15.7 Å². The van der Waals surface area contributed by atoms with Gasteiger partial charge in [0.1, 0.15) is 0 Å². The quantitative estimate of drug-likeness (QED) is 0.725. The van der Waals surface area contributed by atoms with Gasteiger partial charge in [0.05, 0.1) is 5.60 Å². The number of rotatable bonds is 5. The van der Waals surface area contributed by atoms with E-state index in [-0.39, 0.29) is 6.54 Å². The van der Waals surface area contributed by atoms with E-state index in [4.69, 9.17) is 0 Å². The average molecular weight is 292 g/mol. The molecule has 116 valence electrons. The minimum atomic E-state index is -0.963. The zero-order valence-corrected chi connectivity index (χ0v) is 13.1. The third-order valence-corrected chi connectivity index (χ3v) is 3.73. The maximum absolute atomic E-state index is 11.8. The first-order chi connectivity index (χ1) is 9.81. The van der Waals surface area contributed by atoms with Crippen molar-refractivity contribution >= 4 is 17.5 Å². The number of benzene rings is 1. The number of carbonyl (C=O) groups is 2. The van der Waals surface area contributed by atoms with Crippen molar-refractivity contribution in [2.45, 2.75) is 46.1 Å². The van der Waals surface area contributed by atoms with E-state index in [1.807, 2.05) is 39.8 Å². The summed E-state index contributed by atoms with van der Waals surface area (Å²) in [5, 5.41) is 15.1. The molecule has 1 aromatic rings. The molecule has 0 fully saturated rings. The highest BCUT2D eigenvalue weighted by Gasteiger charge is 2.24. The minimum Gasteiger partial charge on any atom is -0.388 e. The van der Waals surface area contributed by atoms with Crippen molar-refractivity contribution in [3.05, 3.63) is 29.3 Å². The summed E-state index contributed by atoms with van der Waals surface area (Å²) in [5.41, 5.74) is 1.64. The van der Waals surface area contributed by atoms with Gasteiger partial charge in [0.25, 0.3) is 0 Å². The molecule has 0 heterocycles. The van der Waals surface area contributed by atoms with Gasteiger partial charge in [-0.1, -0.05) is 31.5 Å². The zero-order valence-electron chi connectivity index (χ0n) is 13.1. The molecule has 0 aliphatic carbocycles. The molecule has 0 bridgehead atoms. The van der Waals surface area contributed by atoms with E-state index >= 15 is 0 Å². The Morgan fingerprint density at radius 2 is 1.76 bits per heavy atom. The fourth-order valence-corrected chi connectivity index (χ4v) is 1.96. The number of hydrogen-bond donors (Lipinski definition) is 3. The van der Waals surface area contributed by atoms with Gasteiger partial charge in [-0.05, 0) is 38.3 Å². The Balaban J connectivity index is 2.61. The number of aryl methyl sites for hydroxylation is 2. The minimum absolute atomic E-state index is 0.0686. The molecule has 0 unspecified atom stereocenters. The van der Waals surface area contributed by atoms with Gasteiger partial charge in [0, 0.05) is 12.2 Å². The molecule has 21 heavy (non-hydrogen) atoms. The lowest BCUT2D eigenvalue weighted by atomic mass is 9.98. The standard InChI is InChI=1S/C16H24N2O3/c1-5-16(21,6-2)10-17-14(19)15(20)18-13-8-7-11(3)9-12(13)4/h7-9,21H,5-6,10H2,1-4H3,(H,17,19)(H,18,20). The Morgan fingerprint density at radius 1 is 1.14 bits per heavy atom. The van der Waals surface area contributed by atoms with Crippen LogP contribution < -0.4 is 10.6 Å². The predicted octanol–water partition coefficient (Wildman–Crippen LogP) is 1.91. The van der Waals surface area contributed by atoms with Crippen LogP contribution in [0, 0.1) is 13.8 Å². The molecule has 5 heteroatoms. The van der Waals surface area contributed by atoms with Gasteiger partial charge in [0.2, 0.25) is 0 Å². The Bertz CT molecular complexity index is 522. The van der Waals surface area contributed by atoms with Crippen molar-refractivity contribution < 1.29 is 14.7 Å². The van der Waals surface area contributed by atoms with Crippen LogP contribution in [0.2, 0.25) is 0 Å². The summed E-state index contributed by atoms with van der Waals surface area (Å²) in [6.07, 6.45) is 1.03. The molecule has 1 rings (SSSR count). The highest BCUT2D eigenvalue weighted by atomic mass is 16.3. The van der Waals surface area contributed by atoms with E-state index in [0.717, 1.165) is 11.1 Å². The molecule has 0 aliphatic rings. The molecule has 5 nitrogen and oxygen atoms in total. The largest absolute Gasteiger partial charge is 0.388 e. The lowest BCUT2D eigenvalue weighted by molar-refractivity contribution is -0.136. The van der Waals surface area contributed by atoms with Crippen molar-refractivity contribution in [3.63, 3.8) is 0 Å². The van der Waals surface area contributed by atoms with E-state index in [1.54, 1.807) is 6.07 Å². The van der Waals surface area contributed by atoms with Crippen molar-refractivity contribution in [2.24, 2.45) is 0 Å². The molecule has 0 atom stereocenters. The second-order valence-corrected chi connectivity index (χ2v) is 5.39. The topological polar surface area (TPSA) is 78.4 Å². The molecule has 0 saturated heterocycles. The van der Waals surface area contributed by atoms with E-state index in [1.165, 1.54) is 0 Å². The van der Waals surface area contributed by atoms with Crippen molar-refractivity contribution in [1.29, 1.82) is 0 Å². The molecule has 1 aromatic carbocycles. The van der Waals surface area contributed by atoms with E-state index in [9.17, 15) is 14.7 Å². The van der Waals surface area contributed by atoms with E-state index < -0.39 is 17.4 Å². The molecular formula is C16H24N2O3. The van der Waals surface area contributed by atoms with Gasteiger partial charge in [-0.3, -0.25) is 9.59 Å². The fourth-order valence-electron chi connectivity index (χ4n) is 1.96. The predicted molar refractivity (Wildman–Crippen MR) is 83.1 cm³/mol. The zero-order chi connectivity index (χ0) is 16.0. The first-order valence-corrected chi connectivity index (χ1v) is 7.20. The van der Waals surface area contributed by atoms with Gasteiger partial charge in [-0.15, -0.1) is 0 Å². The summed E-state index contributed by atoms with van der Waals surface area (Å²) in [4.78, 5) is 23.6. The Kier molecular flexibility index (Phi) is 5.90. The smallest absolute Gasteiger partial charge is 0.313 e. The summed E-state index contributed by atoms with van der Waals surface area (Å²) < 4.78 is 0. The monoisotopic (exact) mass is 292 g/mol. The summed E-state index contributed by atoms with van der Waals surface area (Å²) in [6.45, 7) is 7.57. The van der Waals surface area contributed by atoms with Crippen LogP contribution in [-0.2, 0) is 9.59 Å². The number of anilines is 1. The van der Waals surface area contributed by atoms with Crippen LogP contribution >= 0.6 is 0 Å². The number of nitrogens with one attached hydrogen (secondary N) is 2. The second-order valence-electron chi connectivity index (χ2n) is 5.39. The van der Waals surface area contributed by atoms with Gasteiger partial charge in [-0.25, -0.2) is 0 Å². The Labute approximate surface area is 125 Å². The Hall–Kier alpha value is -1.88. The van der Waals surface area contributed by atoms with Crippen LogP contribution in [-0.4, -0.2) is 29.1 Å². The number of carbonyl (C=O) groups excluding carboxylic acids is 2. The molecule has 2 amide bonds. The van der Waals surface area contributed by atoms with Crippen LogP contribution in [0.25, 0.3) is 0 Å². The number of aliphatic hydroxyl groups is 1. The first-order valence-electron chi connectivity index (χ1n) is 7.20. The van der Waals surface area contributed by atoms with Crippen molar-refractivity contribution in [1.82, 2.24) is 5.32 Å². The van der Waals surface area contributed by atoms with Gasteiger partial charge >= 0.3 is 11.8 Å². The highest BCUT2D eigenvalue weighted by Crippen LogP contribution is 2.16. The third kappa shape index (κ3) is 4.86. The van der Waals surface area contributed by atoms with Gasteiger partial charge in [-0.2, -0.15) is 0 Å². The lowest BCUT2D eigenvalue weighted by Crippen LogP contribution is -2.45. The van der Waals surface area contributed by atoms with Crippen molar-refractivity contribution in [3.8, 4) is 0 Å². The van der Waals surface area contributed by atoms with E-state index in [2.05, 4.69) is 10.6 Å². The highest BCUT2D eigenvalue weighted by molar-refractivity contribution is 6.39. The number of hydrogen-bond acceptors (Lipinski definition) is 3. The van der Waals surface area contributed by atoms with Crippen LogP contribution in [0.3, 0.4) is 0 Å². The summed E-state index contributed by atoms with van der Waals surface area (Å²) >= 11 is 0. The van der Waals surface area contributed by atoms with Crippen LogP contribution in [0.4, 0.5) is 5.69 Å². The molecule has 0 aromatic heterocycles. The molecule has 0 spiro atoms. The van der Waals surface area contributed by atoms with Gasteiger partial charge in [0.15, 0.2) is 0 Å². The average Bonchev–Trinajstić information content (AvgIpc) is 2.47. The molecule has 0 radical (unpaired) electrons. The normalized spacial score (nSPS) is 11.1. The van der Waals surface area contributed by atoms with E-state index in [0.29, 0.717) is 18.5 Å².